The van der Waals surface area contributed by atoms with E-state index >= 15 is 0 Å². The molecule has 2 heterocycles. The number of carbonyl (C=O) groups excluding carboxylic acids is 1. The van der Waals surface area contributed by atoms with E-state index < -0.39 is 5.82 Å². The molecule has 4 rings (SSSR count). The van der Waals surface area contributed by atoms with Crippen LogP contribution in [0.3, 0.4) is 0 Å². The summed E-state index contributed by atoms with van der Waals surface area (Å²) in [6, 6.07) is 13.7. The second kappa shape index (κ2) is 6.29. The number of carbonyl (C=O) groups is 1. The molecule has 1 amide bonds. The fraction of sp³-hybridized carbons (Fsp3) is 0.167. The van der Waals surface area contributed by atoms with Crippen molar-refractivity contribution in [3.8, 4) is 11.5 Å². The summed E-state index contributed by atoms with van der Waals surface area (Å²) in [4.78, 5) is 18.3. The Morgan fingerprint density at radius 2 is 2.00 bits per heavy atom. The Hall–Kier alpha value is -2.73. The first-order valence-corrected chi connectivity index (χ1v) is 8.14. The minimum absolute atomic E-state index is 0.0142. The zero-order valence-corrected chi connectivity index (χ0v) is 13.8. The third-order valence-electron chi connectivity index (χ3n) is 4.17. The molecule has 1 fully saturated rings. The lowest BCUT2D eigenvalue weighted by Crippen LogP contribution is -2.24. The van der Waals surface area contributed by atoms with Crippen LogP contribution in [0.15, 0.2) is 53.1 Å². The number of halogens is 2. The van der Waals surface area contributed by atoms with Gasteiger partial charge in [-0.25, -0.2) is 4.39 Å². The van der Waals surface area contributed by atoms with Crippen LogP contribution < -0.4 is 4.90 Å². The number of hydrogen-bond acceptors (Lipinski definition) is 4. The second-order valence-corrected chi connectivity index (χ2v) is 6.23. The second-order valence-electron chi connectivity index (χ2n) is 5.83. The molecule has 1 saturated heterocycles. The molecule has 1 aliphatic rings. The van der Waals surface area contributed by atoms with E-state index in [0.717, 1.165) is 5.56 Å². The molecule has 0 bridgehead atoms. The molecule has 2 aromatic carbocycles. The van der Waals surface area contributed by atoms with Gasteiger partial charge in [-0.3, -0.25) is 4.79 Å². The number of amides is 1. The normalized spacial score (nSPS) is 17.3. The van der Waals surface area contributed by atoms with Gasteiger partial charge in [-0.15, -0.1) is 0 Å². The fourth-order valence-electron chi connectivity index (χ4n) is 2.88. The van der Waals surface area contributed by atoms with E-state index in [0.29, 0.717) is 23.9 Å². The van der Waals surface area contributed by atoms with Gasteiger partial charge in [-0.1, -0.05) is 35.0 Å². The maximum Gasteiger partial charge on any atom is 0.257 e. The first-order chi connectivity index (χ1) is 12.1. The van der Waals surface area contributed by atoms with Gasteiger partial charge in [0.15, 0.2) is 5.82 Å². The van der Waals surface area contributed by atoms with Crippen LogP contribution in [-0.4, -0.2) is 22.6 Å². The van der Waals surface area contributed by atoms with E-state index in [1.54, 1.807) is 4.90 Å². The summed E-state index contributed by atoms with van der Waals surface area (Å²) in [5, 5.41) is 4.00. The van der Waals surface area contributed by atoms with Gasteiger partial charge >= 0.3 is 0 Å². The molecule has 1 aromatic heterocycles. The van der Waals surface area contributed by atoms with Crippen molar-refractivity contribution < 1.29 is 13.7 Å². The smallest absolute Gasteiger partial charge is 0.257 e. The SMILES string of the molecule is O=C1CC(c2noc(-c3ccccc3)n2)CN1c1ccc(F)c(Cl)c1. The van der Waals surface area contributed by atoms with Crippen molar-refractivity contribution in [3.05, 3.63) is 65.2 Å². The van der Waals surface area contributed by atoms with Crippen LogP contribution in [0, 0.1) is 5.82 Å². The summed E-state index contributed by atoms with van der Waals surface area (Å²) in [5.74, 6) is 0.129. The molecule has 1 aliphatic heterocycles. The van der Waals surface area contributed by atoms with Gasteiger partial charge in [0.2, 0.25) is 5.91 Å². The van der Waals surface area contributed by atoms with Crippen LogP contribution in [0.1, 0.15) is 18.2 Å². The number of nitrogens with zero attached hydrogens (tertiary/aromatic N) is 3. The van der Waals surface area contributed by atoms with E-state index in [2.05, 4.69) is 10.1 Å². The number of aromatic nitrogens is 2. The van der Waals surface area contributed by atoms with E-state index in [1.807, 2.05) is 30.3 Å². The van der Waals surface area contributed by atoms with Crippen molar-refractivity contribution in [3.63, 3.8) is 0 Å². The molecular formula is C18H13ClFN3O2. The molecule has 0 aliphatic carbocycles. The third-order valence-corrected chi connectivity index (χ3v) is 4.46. The van der Waals surface area contributed by atoms with E-state index in [1.165, 1.54) is 18.2 Å². The summed E-state index contributed by atoms with van der Waals surface area (Å²) in [6.07, 6.45) is 0.267. The Kier molecular flexibility index (Phi) is 3.97. The Morgan fingerprint density at radius 1 is 1.20 bits per heavy atom. The average molecular weight is 358 g/mol. The van der Waals surface area contributed by atoms with Crippen LogP contribution in [0.5, 0.6) is 0 Å². The molecule has 1 atom stereocenters. The maximum absolute atomic E-state index is 13.3. The minimum atomic E-state index is -0.515. The summed E-state index contributed by atoms with van der Waals surface area (Å²) in [7, 11) is 0. The Morgan fingerprint density at radius 3 is 2.76 bits per heavy atom. The molecule has 1 unspecified atom stereocenters. The van der Waals surface area contributed by atoms with Crippen molar-refractivity contribution in [1.29, 1.82) is 0 Å². The molecular weight excluding hydrogens is 345 g/mol. The molecule has 5 nitrogen and oxygen atoms in total. The van der Waals surface area contributed by atoms with E-state index in [9.17, 15) is 9.18 Å². The van der Waals surface area contributed by atoms with Gasteiger partial charge in [-0.2, -0.15) is 4.98 Å². The largest absolute Gasteiger partial charge is 0.334 e. The van der Waals surface area contributed by atoms with Crippen molar-refractivity contribution in [2.75, 3.05) is 11.4 Å². The van der Waals surface area contributed by atoms with Crippen molar-refractivity contribution in [1.82, 2.24) is 10.1 Å². The molecule has 0 saturated carbocycles. The number of rotatable bonds is 3. The monoisotopic (exact) mass is 357 g/mol. The van der Waals surface area contributed by atoms with Crippen molar-refractivity contribution in [2.45, 2.75) is 12.3 Å². The topological polar surface area (TPSA) is 59.2 Å². The quantitative estimate of drug-likeness (QED) is 0.709. The highest BCUT2D eigenvalue weighted by molar-refractivity contribution is 6.31. The van der Waals surface area contributed by atoms with Crippen LogP contribution >= 0.6 is 11.6 Å². The Labute approximate surface area is 148 Å². The van der Waals surface area contributed by atoms with Gasteiger partial charge in [0.25, 0.3) is 5.89 Å². The lowest BCUT2D eigenvalue weighted by molar-refractivity contribution is -0.117. The lowest BCUT2D eigenvalue weighted by Gasteiger charge is -2.16. The molecule has 3 aromatic rings. The van der Waals surface area contributed by atoms with Gasteiger partial charge in [-0.05, 0) is 30.3 Å². The highest BCUT2D eigenvalue weighted by Gasteiger charge is 2.34. The van der Waals surface area contributed by atoms with Gasteiger partial charge in [0.1, 0.15) is 5.82 Å². The van der Waals surface area contributed by atoms with Crippen molar-refractivity contribution >= 4 is 23.2 Å². The fourth-order valence-corrected chi connectivity index (χ4v) is 3.06. The zero-order chi connectivity index (χ0) is 17.4. The highest BCUT2D eigenvalue weighted by Crippen LogP contribution is 2.33. The van der Waals surface area contributed by atoms with Gasteiger partial charge < -0.3 is 9.42 Å². The standard InChI is InChI=1S/C18H13ClFN3O2/c19-14-9-13(6-7-15(14)20)23-10-12(8-16(23)24)17-21-18(25-22-17)11-4-2-1-3-5-11/h1-7,9,12H,8,10H2. The molecule has 0 spiro atoms. The van der Waals surface area contributed by atoms with E-state index in [4.69, 9.17) is 16.1 Å². The molecule has 0 radical (unpaired) electrons. The number of hydrogen-bond donors (Lipinski definition) is 0. The predicted molar refractivity (Wildman–Crippen MR) is 90.9 cm³/mol. The third kappa shape index (κ3) is 3.00. The summed E-state index contributed by atoms with van der Waals surface area (Å²) < 4.78 is 18.6. The summed E-state index contributed by atoms with van der Waals surface area (Å²) in [6.45, 7) is 0.397. The van der Waals surface area contributed by atoms with Gasteiger partial charge in [0, 0.05) is 30.1 Å². The van der Waals surface area contributed by atoms with Crippen LogP contribution in [0.2, 0.25) is 5.02 Å². The maximum atomic E-state index is 13.3. The first kappa shape index (κ1) is 15.8. The zero-order valence-electron chi connectivity index (χ0n) is 13.0. The minimum Gasteiger partial charge on any atom is -0.334 e. The number of benzene rings is 2. The first-order valence-electron chi connectivity index (χ1n) is 7.76. The van der Waals surface area contributed by atoms with Crippen LogP contribution in [0.4, 0.5) is 10.1 Å². The molecule has 25 heavy (non-hydrogen) atoms. The molecule has 126 valence electrons. The van der Waals surface area contributed by atoms with Crippen LogP contribution in [-0.2, 0) is 4.79 Å². The summed E-state index contributed by atoms with van der Waals surface area (Å²) in [5.41, 5.74) is 1.39. The Bertz CT molecular complexity index is 929. The van der Waals surface area contributed by atoms with Gasteiger partial charge in [0.05, 0.1) is 5.02 Å². The van der Waals surface area contributed by atoms with Crippen LogP contribution in [0.25, 0.3) is 11.5 Å². The number of anilines is 1. The Balaban J connectivity index is 1.56. The lowest BCUT2D eigenvalue weighted by atomic mass is 10.1. The molecule has 0 N–H and O–H groups in total. The summed E-state index contributed by atoms with van der Waals surface area (Å²) >= 11 is 5.81. The predicted octanol–water partition coefficient (Wildman–Crippen LogP) is 4.05. The molecule has 7 heteroatoms. The van der Waals surface area contributed by atoms with Crippen molar-refractivity contribution in [2.24, 2.45) is 0 Å². The van der Waals surface area contributed by atoms with E-state index in [-0.39, 0.29) is 23.3 Å². The average Bonchev–Trinajstić information content (AvgIpc) is 3.25. The highest BCUT2D eigenvalue weighted by atomic mass is 35.5.